The monoisotopic (exact) mass is 282 g/mol. The molecule has 1 atom stereocenters. The first-order valence-electron chi connectivity index (χ1n) is 7.31. The molecule has 1 unspecified atom stereocenters. The van der Waals surface area contributed by atoms with Crippen molar-refractivity contribution in [1.29, 1.82) is 0 Å². The van der Waals surface area contributed by atoms with Gasteiger partial charge in [0.1, 0.15) is 0 Å². The summed E-state index contributed by atoms with van der Waals surface area (Å²) >= 11 is 0. The maximum absolute atomic E-state index is 12.2. The SMILES string of the molecule is CCNC(C)c1cccc(NC(=O)c2cccc(C)c2)c1. The standard InChI is InChI=1S/C18H22N2O/c1-4-19-14(3)15-8-6-10-17(12-15)20-18(21)16-9-5-7-13(2)11-16/h5-12,14,19H,4H2,1-3H3,(H,20,21). The second-order valence-electron chi connectivity index (χ2n) is 5.23. The van der Waals surface area contributed by atoms with E-state index in [1.54, 1.807) is 0 Å². The van der Waals surface area contributed by atoms with Gasteiger partial charge < -0.3 is 10.6 Å². The Kier molecular flexibility index (Phi) is 5.12. The number of hydrogen-bond acceptors (Lipinski definition) is 2. The third-order valence-electron chi connectivity index (χ3n) is 3.44. The molecular weight excluding hydrogens is 260 g/mol. The summed E-state index contributed by atoms with van der Waals surface area (Å²) < 4.78 is 0. The molecule has 3 heteroatoms. The summed E-state index contributed by atoms with van der Waals surface area (Å²) in [6.07, 6.45) is 0. The van der Waals surface area contributed by atoms with E-state index in [1.165, 1.54) is 5.56 Å². The second kappa shape index (κ2) is 7.04. The van der Waals surface area contributed by atoms with E-state index in [2.05, 4.69) is 30.5 Å². The van der Waals surface area contributed by atoms with Crippen molar-refractivity contribution >= 4 is 11.6 Å². The van der Waals surface area contributed by atoms with Crippen molar-refractivity contribution in [3.63, 3.8) is 0 Å². The highest BCUT2D eigenvalue weighted by atomic mass is 16.1. The molecule has 0 aliphatic rings. The predicted molar refractivity (Wildman–Crippen MR) is 87.7 cm³/mol. The average molecular weight is 282 g/mol. The molecule has 2 aromatic carbocycles. The third-order valence-corrected chi connectivity index (χ3v) is 3.44. The quantitative estimate of drug-likeness (QED) is 0.872. The number of carbonyl (C=O) groups excluding carboxylic acids is 1. The Balaban J connectivity index is 2.12. The molecule has 110 valence electrons. The van der Waals surface area contributed by atoms with E-state index in [1.807, 2.05) is 49.4 Å². The van der Waals surface area contributed by atoms with Crippen LogP contribution in [-0.4, -0.2) is 12.5 Å². The van der Waals surface area contributed by atoms with Gasteiger partial charge in [0.05, 0.1) is 0 Å². The number of benzene rings is 2. The van der Waals surface area contributed by atoms with Crippen molar-refractivity contribution in [1.82, 2.24) is 5.32 Å². The van der Waals surface area contributed by atoms with Gasteiger partial charge in [-0.3, -0.25) is 4.79 Å². The summed E-state index contributed by atoms with van der Waals surface area (Å²) in [5.74, 6) is -0.0769. The molecule has 0 spiro atoms. The number of rotatable bonds is 5. The van der Waals surface area contributed by atoms with Crippen LogP contribution in [0.2, 0.25) is 0 Å². The molecule has 0 saturated carbocycles. The van der Waals surface area contributed by atoms with Crippen molar-refractivity contribution in [2.75, 3.05) is 11.9 Å². The second-order valence-corrected chi connectivity index (χ2v) is 5.23. The maximum Gasteiger partial charge on any atom is 0.255 e. The zero-order chi connectivity index (χ0) is 15.2. The fourth-order valence-electron chi connectivity index (χ4n) is 2.30. The zero-order valence-electron chi connectivity index (χ0n) is 12.8. The lowest BCUT2D eigenvalue weighted by atomic mass is 10.1. The van der Waals surface area contributed by atoms with Crippen molar-refractivity contribution in [3.8, 4) is 0 Å². The Hall–Kier alpha value is -2.13. The maximum atomic E-state index is 12.2. The Bertz CT molecular complexity index is 622. The lowest BCUT2D eigenvalue weighted by Crippen LogP contribution is -2.18. The minimum Gasteiger partial charge on any atom is -0.322 e. The minimum atomic E-state index is -0.0769. The van der Waals surface area contributed by atoms with Gasteiger partial charge in [-0.2, -0.15) is 0 Å². The first-order valence-corrected chi connectivity index (χ1v) is 7.31. The van der Waals surface area contributed by atoms with Gasteiger partial charge >= 0.3 is 0 Å². The molecule has 0 saturated heterocycles. The molecule has 0 radical (unpaired) electrons. The Morgan fingerprint density at radius 2 is 1.90 bits per heavy atom. The van der Waals surface area contributed by atoms with Gasteiger partial charge in [-0.1, -0.05) is 36.8 Å². The molecule has 0 aliphatic heterocycles. The van der Waals surface area contributed by atoms with E-state index in [0.29, 0.717) is 5.56 Å². The number of anilines is 1. The third kappa shape index (κ3) is 4.17. The van der Waals surface area contributed by atoms with Crippen LogP contribution in [0, 0.1) is 6.92 Å². The van der Waals surface area contributed by atoms with Crippen molar-refractivity contribution in [3.05, 3.63) is 65.2 Å². The minimum absolute atomic E-state index is 0.0769. The number of hydrogen-bond donors (Lipinski definition) is 2. The van der Waals surface area contributed by atoms with E-state index in [0.717, 1.165) is 17.8 Å². The molecule has 3 nitrogen and oxygen atoms in total. The normalized spacial score (nSPS) is 12.0. The van der Waals surface area contributed by atoms with Crippen LogP contribution < -0.4 is 10.6 Å². The number of aryl methyl sites for hydroxylation is 1. The molecule has 0 bridgehead atoms. The van der Waals surface area contributed by atoms with Gasteiger partial charge in [0.2, 0.25) is 0 Å². The lowest BCUT2D eigenvalue weighted by Gasteiger charge is -2.14. The van der Waals surface area contributed by atoms with Crippen LogP contribution >= 0.6 is 0 Å². The van der Waals surface area contributed by atoms with Crippen LogP contribution in [0.3, 0.4) is 0 Å². The molecule has 2 N–H and O–H groups in total. The summed E-state index contributed by atoms with van der Waals surface area (Å²) in [7, 11) is 0. The first-order chi connectivity index (χ1) is 10.1. The van der Waals surface area contributed by atoms with Crippen molar-refractivity contribution in [2.24, 2.45) is 0 Å². The molecule has 21 heavy (non-hydrogen) atoms. The van der Waals surface area contributed by atoms with Gasteiger partial charge in [0.25, 0.3) is 5.91 Å². The molecule has 0 aromatic heterocycles. The van der Waals surface area contributed by atoms with E-state index in [-0.39, 0.29) is 11.9 Å². The van der Waals surface area contributed by atoms with Crippen LogP contribution in [0.25, 0.3) is 0 Å². The Labute approximate surface area is 126 Å². The number of nitrogens with one attached hydrogen (secondary N) is 2. The van der Waals surface area contributed by atoms with Crippen LogP contribution in [0.1, 0.15) is 41.4 Å². The molecule has 0 heterocycles. The smallest absolute Gasteiger partial charge is 0.255 e. The summed E-state index contributed by atoms with van der Waals surface area (Å²) in [5.41, 5.74) is 3.75. The topological polar surface area (TPSA) is 41.1 Å². The summed E-state index contributed by atoms with van der Waals surface area (Å²) in [4.78, 5) is 12.2. The molecule has 0 fully saturated rings. The lowest BCUT2D eigenvalue weighted by molar-refractivity contribution is 0.102. The number of amides is 1. The summed E-state index contributed by atoms with van der Waals surface area (Å²) in [6, 6.07) is 15.8. The van der Waals surface area contributed by atoms with Gasteiger partial charge in [-0.15, -0.1) is 0 Å². The highest BCUT2D eigenvalue weighted by Crippen LogP contribution is 2.18. The molecule has 2 aromatic rings. The highest BCUT2D eigenvalue weighted by Gasteiger charge is 2.08. The zero-order valence-corrected chi connectivity index (χ0v) is 12.8. The van der Waals surface area contributed by atoms with Gasteiger partial charge in [0.15, 0.2) is 0 Å². The summed E-state index contributed by atoms with van der Waals surface area (Å²) in [6.45, 7) is 7.10. The van der Waals surface area contributed by atoms with Gasteiger partial charge in [-0.25, -0.2) is 0 Å². The summed E-state index contributed by atoms with van der Waals surface area (Å²) in [5, 5.41) is 6.32. The Morgan fingerprint density at radius 1 is 1.14 bits per heavy atom. The van der Waals surface area contributed by atoms with E-state index in [4.69, 9.17) is 0 Å². The van der Waals surface area contributed by atoms with Crippen LogP contribution in [0.5, 0.6) is 0 Å². The predicted octanol–water partition coefficient (Wildman–Crippen LogP) is 3.92. The molecular formula is C18H22N2O. The first kappa shape index (κ1) is 15.3. The Morgan fingerprint density at radius 3 is 2.62 bits per heavy atom. The van der Waals surface area contributed by atoms with Gasteiger partial charge in [0, 0.05) is 17.3 Å². The van der Waals surface area contributed by atoms with E-state index >= 15 is 0 Å². The molecule has 0 aliphatic carbocycles. The average Bonchev–Trinajstić information content (AvgIpc) is 2.48. The fraction of sp³-hybridized carbons (Fsp3) is 0.278. The highest BCUT2D eigenvalue weighted by molar-refractivity contribution is 6.04. The van der Waals surface area contributed by atoms with Gasteiger partial charge in [-0.05, 0) is 50.2 Å². The van der Waals surface area contributed by atoms with E-state index < -0.39 is 0 Å². The largest absolute Gasteiger partial charge is 0.322 e. The van der Waals surface area contributed by atoms with Crippen LogP contribution in [-0.2, 0) is 0 Å². The van der Waals surface area contributed by atoms with Crippen LogP contribution in [0.4, 0.5) is 5.69 Å². The van der Waals surface area contributed by atoms with Crippen molar-refractivity contribution in [2.45, 2.75) is 26.8 Å². The van der Waals surface area contributed by atoms with Crippen molar-refractivity contribution < 1.29 is 4.79 Å². The number of carbonyl (C=O) groups is 1. The fourth-order valence-corrected chi connectivity index (χ4v) is 2.30. The van der Waals surface area contributed by atoms with Crippen LogP contribution in [0.15, 0.2) is 48.5 Å². The molecule has 2 rings (SSSR count). The van der Waals surface area contributed by atoms with E-state index in [9.17, 15) is 4.79 Å². The molecule has 1 amide bonds.